The third-order valence-corrected chi connectivity index (χ3v) is 5.75. The third-order valence-electron chi connectivity index (χ3n) is 5.75. The highest BCUT2D eigenvalue weighted by atomic mass is 16.5. The summed E-state index contributed by atoms with van der Waals surface area (Å²) in [6.45, 7) is 3.22. The van der Waals surface area contributed by atoms with Crippen molar-refractivity contribution in [3.8, 4) is 51.7 Å². The van der Waals surface area contributed by atoms with E-state index in [1.54, 1.807) is 0 Å². The normalized spacial score (nSPS) is 12.5. The molecular weight excluding hydrogens is 508 g/mol. The van der Waals surface area contributed by atoms with Crippen molar-refractivity contribution >= 4 is 11.9 Å². The molecule has 38 heavy (non-hydrogen) atoms. The fourth-order valence-corrected chi connectivity index (χ4v) is 3.98. The number of aromatic hydroxyl groups is 9. The molecule has 0 aliphatic heterocycles. The van der Waals surface area contributed by atoms with Crippen LogP contribution in [0.1, 0.15) is 53.9 Å². The molecule has 0 fully saturated rings. The van der Waals surface area contributed by atoms with Gasteiger partial charge in [-0.15, -0.1) is 0 Å². The topological polar surface area (TPSA) is 235 Å². The number of rotatable bonds is 6. The van der Waals surface area contributed by atoms with E-state index in [2.05, 4.69) is 0 Å². The van der Waals surface area contributed by atoms with Crippen LogP contribution in [0, 0.1) is 6.92 Å². The van der Waals surface area contributed by atoms with Crippen molar-refractivity contribution in [2.45, 2.75) is 33.0 Å². The van der Waals surface area contributed by atoms with Crippen molar-refractivity contribution in [3.05, 3.63) is 52.1 Å². The van der Waals surface area contributed by atoms with Gasteiger partial charge in [-0.05, 0) is 6.92 Å². The zero-order valence-corrected chi connectivity index (χ0v) is 20.1. The lowest BCUT2D eigenvalue weighted by Crippen LogP contribution is -2.18. The predicted molar refractivity (Wildman–Crippen MR) is 126 cm³/mol. The van der Waals surface area contributed by atoms with Gasteiger partial charge in [-0.3, -0.25) is 9.59 Å². The highest BCUT2D eigenvalue weighted by molar-refractivity contribution is 5.73. The first-order valence-electron chi connectivity index (χ1n) is 10.8. The van der Waals surface area contributed by atoms with Crippen LogP contribution in [0.25, 0.3) is 0 Å². The van der Waals surface area contributed by atoms with Crippen LogP contribution in [0.5, 0.6) is 51.7 Å². The molecule has 3 rings (SSSR count). The summed E-state index contributed by atoms with van der Waals surface area (Å²) in [7, 11) is 0. The van der Waals surface area contributed by atoms with Gasteiger partial charge >= 0.3 is 11.9 Å². The lowest BCUT2D eigenvalue weighted by atomic mass is 9.87. The van der Waals surface area contributed by atoms with Crippen LogP contribution < -0.4 is 0 Å². The van der Waals surface area contributed by atoms with Gasteiger partial charge in [-0.1, -0.05) is 24.3 Å². The first kappa shape index (κ1) is 27.4. The second kappa shape index (κ2) is 10.0. The Morgan fingerprint density at radius 3 is 1.26 bits per heavy atom. The summed E-state index contributed by atoms with van der Waals surface area (Å²) in [6.07, 6.45) is -3.50. The van der Waals surface area contributed by atoms with E-state index in [4.69, 9.17) is 9.47 Å². The monoisotopic (exact) mass is 532 g/mol. The van der Waals surface area contributed by atoms with Crippen molar-refractivity contribution in [2.24, 2.45) is 0 Å². The van der Waals surface area contributed by atoms with Gasteiger partial charge in [0.2, 0.25) is 28.7 Å². The molecule has 0 unspecified atom stereocenters. The van der Waals surface area contributed by atoms with Crippen molar-refractivity contribution in [1.82, 2.24) is 0 Å². The summed E-state index contributed by atoms with van der Waals surface area (Å²) in [5, 5.41) is 91.9. The largest absolute Gasteiger partial charge is 0.504 e. The number of hydrogen-bond acceptors (Lipinski definition) is 13. The molecule has 0 radical (unpaired) electrons. The quantitative estimate of drug-likeness (QED) is 0.126. The number of esters is 2. The van der Waals surface area contributed by atoms with E-state index in [0.717, 1.165) is 13.8 Å². The molecule has 3 aromatic carbocycles. The number of benzene rings is 3. The second-order valence-corrected chi connectivity index (χ2v) is 8.20. The third kappa shape index (κ3) is 4.52. The summed E-state index contributed by atoms with van der Waals surface area (Å²) in [6, 6.07) is 5.43. The SMILES string of the molecule is CC(=O)O[C@H](c1ccccc1[C@H](OC(C)=O)c1c(C)c(O)c(O)c(O)c1O)c1c(O)c(O)c(O)c(O)c1O. The van der Waals surface area contributed by atoms with E-state index in [0.29, 0.717) is 0 Å². The standard InChI is InChI=1S/C25H24O13/c1-8-13(16(29)20(33)19(32)15(8)28)24(37-9(2)26)11-6-4-5-7-12(11)25(38-10(3)27)14-17(30)21(34)23(36)22(35)18(14)31/h4-7,24-25,28-36H,1-3H3/t24-,25+/m0/s1. The number of carbonyl (C=O) groups excluding carboxylic acids is 2. The molecule has 3 aromatic rings. The Balaban J connectivity index is 2.42. The number of carbonyl (C=O) groups is 2. The molecule has 0 aliphatic rings. The molecule has 0 amide bonds. The molecule has 0 spiro atoms. The van der Waals surface area contributed by atoms with E-state index < -0.39 is 81.5 Å². The van der Waals surface area contributed by atoms with E-state index >= 15 is 0 Å². The van der Waals surface area contributed by atoms with E-state index in [9.17, 15) is 55.5 Å². The van der Waals surface area contributed by atoms with Gasteiger partial charge in [0.05, 0.1) is 5.56 Å². The maximum absolute atomic E-state index is 12.1. The molecule has 0 saturated carbocycles. The Morgan fingerprint density at radius 1 is 0.553 bits per heavy atom. The molecule has 13 heteroatoms. The molecule has 9 N–H and O–H groups in total. The van der Waals surface area contributed by atoms with Crippen LogP contribution in [0.15, 0.2) is 24.3 Å². The molecule has 202 valence electrons. The van der Waals surface area contributed by atoms with E-state index in [-0.39, 0.29) is 22.3 Å². The highest BCUT2D eigenvalue weighted by Gasteiger charge is 2.37. The van der Waals surface area contributed by atoms with Crippen LogP contribution in [0.3, 0.4) is 0 Å². The van der Waals surface area contributed by atoms with Crippen molar-refractivity contribution in [1.29, 1.82) is 0 Å². The Labute approximate surface area is 214 Å². The first-order chi connectivity index (χ1) is 17.7. The summed E-state index contributed by atoms with van der Waals surface area (Å²) >= 11 is 0. The summed E-state index contributed by atoms with van der Waals surface area (Å²) in [4.78, 5) is 24.1. The highest BCUT2D eigenvalue weighted by Crippen LogP contribution is 2.56. The van der Waals surface area contributed by atoms with Crippen molar-refractivity contribution in [2.75, 3.05) is 0 Å². The minimum absolute atomic E-state index is 0.0947. The van der Waals surface area contributed by atoms with Crippen LogP contribution in [0.2, 0.25) is 0 Å². The van der Waals surface area contributed by atoms with Crippen LogP contribution in [-0.2, 0) is 19.1 Å². The van der Waals surface area contributed by atoms with Crippen LogP contribution in [-0.4, -0.2) is 57.9 Å². The molecule has 0 aromatic heterocycles. The summed E-state index contributed by atoms with van der Waals surface area (Å²) < 4.78 is 10.7. The Bertz CT molecular complexity index is 1280. The lowest BCUT2D eigenvalue weighted by Gasteiger charge is -2.28. The van der Waals surface area contributed by atoms with Gasteiger partial charge in [0, 0.05) is 36.1 Å². The fraction of sp³-hybridized carbons (Fsp3) is 0.200. The number of ether oxygens (including phenoxy) is 2. The van der Waals surface area contributed by atoms with Gasteiger partial charge < -0.3 is 55.4 Å². The maximum Gasteiger partial charge on any atom is 0.303 e. The summed E-state index contributed by atoms with van der Waals surface area (Å²) in [5.41, 5.74) is -1.60. The Hall–Kier alpha value is -5.20. The maximum atomic E-state index is 12.1. The van der Waals surface area contributed by atoms with Gasteiger partial charge in [0.25, 0.3) is 0 Å². The average Bonchev–Trinajstić information content (AvgIpc) is 2.87. The van der Waals surface area contributed by atoms with Gasteiger partial charge in [0.1, 0.15) is 0 Å². The Kier molecular flexibility index (Phi) is 7.24. The zero-order chi connectivity index (χ0) is 28.6. The lowest BCUT2D eigenvalue weighted by molar-refractivity contribution is -0.146. The molecule has 0 heterocycles. The minimum atomic E-state index is -1.83. The average molecular weight is 532 g/mol. The summed E-state index contributed by atoms with van der Waals surface area (Å²) in [5.74, 6) is -11.9. The van der Waals surface area contributed by atoms with Crippen LogP contribution in [0.4, 0.5) is 0 Å². The molecule has 0 aliphatic carbocycles. The number of phenols is 9. The number of hydrogen-bond donors (Lipinski definition) is 9. The van der Waals surface area contributed by atoms with Crippen molar-refractivity contribution in [3.63, 3.8) is 0 Å². The second-order valence-electron chi connectivity index (χ2n) is 8.20. The molecule has 0 bridgehead atoms. The van der Waals surface area contributed by atoms with Crippen LogP contribution >= 0.6 is 0 Å². The van der Waals surface area contributed by atoms with Crippen molar-refractivity contribution < 1.29 is 65.0 Å². The zero-order valence-electron chi connectivity index (χ0n) is 20.1. The number of phenolic OH excluding ortho intramolecular Hbond substituents is 9. The predicted octanol–water partition coefficient (Wildman–Crippen LogP) is 2.65. The fourth-order valence-electron chi connectivity index (χ4n) is 3.98. The van der Waals surface area contributed by atoms with Gasteiger partial charge in [0.15, 0.2) is 35.2 Å². The van der Waals surface area contributed by atoms with Gasteiger partial charge in [-0.2, -0.15) is 0 Å². The van der Waals surface area contributed by atoms with E-state index in [1.165, 1.54) is 31.2 Å². The first-order valence-corrected chi connectivity index (χ1v) is 10.8. The van der Waals surface area contributed by atoms with E-state index in [1.807, 2.05) is 0 Å². The minimum Gasteiger partial charge on any atom is -0.504 e. The smallest absolute Gasteiger partial charge is 0.303 e. The molecule has 2 atom stereocenters. The van der Waals surface area contributed by atoms with Gasteiger partial charge in [-0.25, -0.2) is 0 Å². The molecule has 0 saturated heterocycles. The molecule has 13 nitrogen and oxygen atoms in total. The Morgan fingerprint density at radius 2 is 0.868 bits per heavy atom. The molecular formula is C25H24O13.